The zero-order valence-electron chi connectivity index (χ0n) is 18.4. The number of carbonyl (C=O) groups excluding carboxylic acids is 1. The van der Waals surface area contributed by atoms with Crippen molar-refractivity contribution in [1.29, 1.82) is 0 Å². The number of benzene rings is 3. The summed E-state index contributed by atoms with van der Waals surface area (Å²) >= 11 is 6.05. The van der Waals surface area contributed by atoms with E-state index in [1.54, 1.807) is 22.9 Å². The molecule has 3 aromatic carbocycles. The van der Waals surface area contributed by atoms with Crippen molar-refractivity contribution in [3.8, 4) is 28.4 Å². The minimum Gasteiger partial charge on any atom is -0.452 e. The van der Waals surface area contributed by atoms with Crippen molar-refractivity contribution in [3.05, 3.63) is 114 Å². The molecule has 0 saturated carbocycles. The van der Waals surface area contributed by atoms with Gasteiger partial charge in [0.25, 0.3) is 5.89 Å². The molecule has 0 unspecified atom stereocenters. The lowest BCUT2D eigenvalue weighted by Gasteiger charge is -2.01. The van der Waals surface area contributed by atoms with Gasteiger partial charge in [0.1, 0.15) is 0 Å². The van der Waals surface area contributed by atoms with Crippen molar-refractivity contribution in [1.82, 2.24) is 20.0 Å². The second-order valence-electron chi connectivity index (χ2n) is 7.53. The molecule has 0 atom stereocenters. The van der Waals surface area contributed by atoms with Crippen LogP contribution in [-0.4, -0.2) is 25.9 Å². The van der Waals surface area contributed by atoms with Crippen LogP contribution in [0.15, 0.2) is 102 Å². The summed E-state index contributed by atoms with van der Waals surface area (Å²) in [6.45, 7) is -0.129. The van der Waals surface area contributed by atoms with Crippen molar-refractivity contribution in [3.63, 3.8) is 0 Å². The Morgan fingerprint density at radius 1 is 0.914 bits per heavy atom. The first-order valence-electron chi connectivity index (χ1n) is 10.8. The van der Waals surface area contributed by atoms with E-state index in [0.717, 1.165) is 22.4 Å². The maximum atomic E-state index is 12.4. The number of aromatic nitrogens is 4. The van der Waals surface area contributed by atoms with Crippen molar-refractivity contribution >= 4 is 23.6 Å². The number of rotatable bonds is 7. The number of para-hydroxylation sites is 1. The van der Waals surface area contributed by atoms with E-state index in [9.17, 15) is 4.79 Å². The van der Waals surface area contributed by atoms with Crippen LogP contribution in [0.5, 0.6) is 0 Å². The van der Waals surface area contributed by atoms with Gasteiger partial charge in [-0.1, -0.05) is 60.1 Å². The molecular weight excluding hydrogens is 464 g/mol. The van der Waals surface area contributed by atoms with Crippen LogP contribution in [0.2, 0.25) is 5.02 Å². The molecule has 0 aliphatic heterocycles. The minimum atomic E-state index is -0.543. The first kappa shape index (κ1) is 22.3. The molecule has 0 fully saturated rings. The van der Waals surface area contributed by atoms with Gasteiger partial charge in [0.2, 0.25) is 5.89 Å². The number of esters is 1. The molecule has 172 valence electrons. The van der Waals surface area contributed by atoms with E-state index in [-0.39, 0.29) is 12.5 Å². The summed E-state index contributed by atoms with van der Waals surface area (Å²) in [7, 11) is 0. The lowest BCUT2D eigenvalue weighted by molar-refractivity contribution is -0.139. The molecule has 0 amide bonds. The molecule has 5 rings (SSSR count). The minimum absolute atomic E-state index is 0.129. The molecule has 0 bridgehead atoms. The first-order chi connectivity index (χ1) is 17.2. The fraction of sp³-hybridized carbons (Fsp3) is 0.0370. The molecule has 0 aliphatic rings. The molecule has 7 nitrogen and oxygen atoms in total. The Hall–Kier alpha value is -4.49. The fourth-order valence-electron chi connectivity index (χ4n) is 3.40. The average molecular weight is 483 g/mol. The van der Waals surface area contributed by atoms with Crippen LogP contribution in [0.3, 0.4) is 0 Å². The molecule has 0 N–H and O–H groups in total. The molecule has 0 radical (unpaired) electrons. The van der Waals surface area contributed by atoms with Crippen LogP contribution in [0, 0.1) is 0 Å². The largest absolute Gasteiger partial charge is 0.452 e. The zero-order valence-corrected chi connectivity index (χ0v) is 19.2. The lowest BCUT2D eigenvalue weighted by atomic mass is 10.1. The van der Waals surface area contributed by atoms with Gasteiger partial charge in [-0.25, -0.2) is 9.48 Å². The highest BCUT2D eigenvalue weighted by atomic mass is 35.5. The van der Waals surface area contributed by atoms with Crippen LogP contribution in [0.25, 0.3) is 34.5 Å². The Bertz CT molecular complexity index is 1460. The number of nitrogens with zero attached hydrogens (tertiary/aromatic N) is 4. The van der Waals surface area contributed by atoms with Gasteiger partial charge < -0.3 is 9.15 Å². The molecule has 35 heavy (non-hydrogen) atoms. The highest BCUT2D eigenvalue weighted by molar-refractivity contribution is 6.30. The summed E-state index contributed by atoms with van der Waals surface area (Å²) in [6, 6.07) is 26.5. The second kappa shape index (κ2) is 10.2. The van der Waals surface area contributed by atoms with Gasteiger partial charge in [0.05, 0.1) is 11.4 Å². The van der Waals surface area contributed by atoms with Gasteiger partial charge in [-0.15, -0.1) is 10.2 Å². The summed E-state index contributed by atoms with van der Waals surface area (Å²) in [4.78, 5) is 12.4. The molecule has 0 saturated heterocycles. The summed E-state index contributed by atoms with van der Waals surface area (Å²) in [5.74, 6) is 0.0384. The van der Waals surface area contributed by atoms with E-state index in [0.29, 0.717) is 16.6 Å². The molecule has 8 heteroatoms. The Morgan fingerprint density at radius 3 is 2.37 bits per heavy atom. The zero-order chi connectivity index (χ0) is 24.0. The van der Waals surface area contributed by atoms with E-state index in [2.05, 4.69) is 10.2 Å². The molecule has 2 aromatic heterocycles. The van der Waals surface area contributed by atoms with Gasteiger partial charge >= 0.3 is 5.97 Å². The van der Waals surface area contributed by atoms with Crippen molar-refractivity contribution in [2.75, 3.05) is 0 Å². The third kappa shape index (κ3) is 5.37. The Morgan fingerprint density at radius 2 is 1.63 bits per heavy atom. The van der Waals surface area contributed by atoms with Crippen LogP contribution in [0.1, 0.15) is 11.5 Å². The van der Waals surface area contributed by atoms with Gasteiger partial charge in [0.15, 0.2) is 6.61 Å². The standard InChI is InChI=1S/C27H19ClN4O3/c28-22-14-11-19(12-15-22)26-21(17-32(31-26)23-9-5-2-6-10-23)13-16-25(33)34-18-24-29-30-27(35-24)20-7-3-1-4-8-20/h1-17H,18H2/b16-13+. The summed E-state index contributed by atoms with van der Waals surface area (Å²) < 4.78 is 12.6. The Kier molecular flexibility index (Phi) is 6.50. The SMILES string of the molecule is O=C(/C=C/c1cn(-c2ccccc2)nc1-c1ccc(Cl)cc1)OCc1nnc(-c2ccccc2)o1. The molecular formula is C27H19ClN4O3. The summed E-state index contributed by atoms with van der Waals surface area (Å²) in [6.07, 6.45) is 4.87. The average Bonchev–Trinajstić information content (AvgIpc) is 3.55. The van der Waals surface area contributed by atoms with Gasteiger partial charge in [-0.05, 0) is 42.5 Å². The summed E-state index contributed by atoms with van der Waals surface area (Å²) in [5.41, 5.74) is 4.02. The van der Waals surface area contributed by atoms with Crippen LogP contribution < -0.4 is 0 Å². The highest BCUT2D eigenvalue weighted by Gasteiger charge is 2.13. The predicted molar refractivity (Wildman–Crippen MR) is 133 cm³/mol. The third-order valence-electron chi connectivity index (χ3n) is 5.11. The number of hydrogen-bond donors (Lipinski definition) is 0. The van der Waals surface area contributed by atoms with Gasteiger partial charge in [0, 0.05) is 34.0 Å². The molecule has 0 spiro atoms. The molecule has 0 aliphatic carbocycles. The third-order valence-corrected chi connectivity index (χ3v) is 5.36. The Balaban J connectivity index is 1.32. The Labute approximate surface area is 206 Å². The van der Waals surface area contributed by atoms with E-state index in [1.165, 1.54) is 6.08 Å². The van der Waals surface area contributed by atoms with E-state index in [1.807, 2.05) is 79.0 Å². The normalized spacial score (nSPS) is 11.1. The topological polar surface area (TPSA) is 83.0 Å². The maximum absolute atomic E-state index is 12.4. The highest BCUT2D eigenvalue weighted by Crippen LogP contribution is 2.26. The van der Waals surface area contributed by atoms with E-state index < -0.39 is 5.97 Å². The lowest BCUT2D eigenvalue weighted by Crippen LogP contribution is -2.01. The first-order valence-corrected chi connectivity index (χ1v) is 11.2. The maximum Gasteiger partial charge on any atom is 0.331 e. The number of ether oxygens (including phenoxy) is 1. The molecule has 2 heterocycles. The van der Waals surface area contributed by atoms with E-state index in [4.69, 9.17) is 25.9 Å². The number of halogens is 1. The van der Waals surface area contributed by atoms with Gasteiger partial charge in [-0.3, -0.25) is 0 Å². The number of carbonyl (C=O) groups is 1. The smallest absolute Gasteiger partial charge is 0.331 e. The van der Waals surface area contributed by atoms with Crippen LogP contribution >= 0.6 is 11.6 Å². The number of hydrogen-bond acceptors (Lipinski definition) is 6. The van der Waals surface area contributed by atoms with Crippen molar-refractivity contribution in [2.45, 2.75) is 6.61 Å². The van der Waals surface area contributed by atoms with Crippen molar-refractivity contribution < 1.29 is 13.9 Å². The van der Waals surface area contributed by atoms with Crippen LogP contribution in [0.4, 0.5) is 0 Å². The predicted octanol–water partition coefficient (Wildman–Crippen LogP) is 6.00. The quantitative estimate of drug-likeness (QED) is 0.209. The van der Waals surface area contributed by atoms with Gasteiger partial charge in [-0.2, -0.15) is 5.10 Å². The monoisotopic (exact) mass is 482 g/mol. The molecule has 5 aromatic rings. The van der Waals surface area contributed by atoms with E-state index >= 15 is 0 Å². The second-order valence-corrected chi connectivity index (χ2v) is 7.96. The van der Waals surface area contributed by atoms with Crippen LogP contribution in [-0.2, 0) is 16.1 Å². The van der Waals surface area contributed by atoms with Crippen molar-refractivity contribution in [2.24, 2.45) is 0 Å². The fourth-order valence-corrected chi connectivity index (χ4v) is 3.53. The summed E-state index contributed by atoms with van der Waals surface area (Å²) in [5, 5.41) is 13.3.